The Morgan fingerprint density at radius 1 is 1.18 bits per heavy atom. The fourth-order valence-corrected chi connectivity index (χ4v) is 4.55. The molecular weight excluding hydrogens is 380 g/mol. The molecule has 0 radical (unpaired) electrons. The lowest BCUT2D eigenvalue weighted by molar-refractivity contribution is -0.122. The number of anilines is 2. The van der Waals surface area contributed by atoms with Crippen molar-refractivity contribution in [2.24, 2.45) is 0 Å². The molecule has 28 heavy (non-hydrogen) atoms. The van der Waals surface area contributed by atoms with Crippen LogP contribution in [-0.2, 0) is 31.7 Å². The molecule has 2 aromatic rings. The van der Waals surface area contributed by atoms with Gasteiger partial charge in [0.25, 0.3) is 5.91 Å². The number of para-hydroxylation sites is 1. The molecule has 0 aromatic heterocycles. The molecule has 1 amide bonds. The van der Waals surface area contributed by atoms with E-state index in [1.807, 2.05) is 6.07 Å². The van der Waals surface area contributed by atoms with Gasteiger partial charge in [0.2, 0.25) is 10.0 Å². The van der Waals surface area contributed by atoms with Crippen LogP contribution in [0.25, 0.3) is 0 Å². The second-order valence-electron chi connectivity index (χ2n) is 6.60. The van der Waals surface area contributed by atoms with E-state index in [0.717, 1.165) is 24.1 Å². The SMILES string of the molecule is COCC(=O)N1CCCc2ccc(NS(=O)(=O)Cc3ccccc3OC)cc21. The number of hydrogen-bond donors (Lipinski definition) is 1. The first-order valence-electron chi connectivity index (χ1n) is 8.98. The molecule has 8 heteroatoms. The summed E-state index contributed by atoms with van der Waals surface area (Å²) in [5.74, 6) is 0.174. The normalized spacial score (nSPS) is 13.7. The summed E-state index contributed by atoms with van der Waals surface area (Å²) in [7, 11) is -0.668. The minimum Gasteiger partial charge on any atom is -0.496 e. The molecule has 0 atom stereocenters. The van der Waals surface area contributed by atoms with Crippen LogP contribution in [0.2, 0.25) is 0 Å². The summed E-state index contributed by atoms with van der Waals surface area (Å²) in [5, 5.41) is 0. The molecule has 0 unspecified atom stereocenters. The zero-order chi connectivity index (χ0) is 20.1. The van der Waals surface area contributed by atoms with Gasteiger partial charge in [-0.25, -0.2) is 8.42 Å². The molecule has 1 heterocycles. The lowest BCUT2D eigenvalue weighted by Gasteiger charge is -2.30. The van der Waals surface area contributed by atoms with E-state index in [1.165, 1.54) is 14.2 Å². The van der Waals surface area contributed by atoms with Gasteiger partial charge >= 0.3 is 0 Å². The standard InChI is InChI=1S/C20H24N2O5S/c1-26-13-20(23)22-11-5-7-15-9-10-17(12-18(15)22)21-28(24,25)14-16-6-3-4-8-19(16)27-2/h3-4,6,8-10,12,21H,5,7,11,13-14H2,1-2H3. The zero-order valence-corrected chi connectivity index (χ0v) is 16.8. The summed E-state index contributed by atoms with van der Waals surface area (Å²) in [5.41, 5.74) is 2.74. The van der Waals surface area contributed by atoms with Gasteiger partial charge < -0.3 is 14.4 Å². The number of carbonyl (C=O) groups is 1. The molecule has 0 saturated carbocycles. The number of rotatable bonds is 7. The third kappa shape index (κ3) is 4.63. The molecular formula is C20H24N2O5S. The van der Waals surface area contributed by atoms with Gasteiger partial charge in [-0.3, -0.25) is 9.52 Å². The van der Waals surface area contributed by atoms with Crippen molar-refractivity contribution in [2.75, 3.05) is 37.0 Å². The molecule has 3 rings (SSSR count). The Morgan fingerprint density at radius 2 is 1.96 bits per heavy atom. The fraction of sp³-hybridized carbons (Fsp3) is 0.350. The number of hydrogen-bond acceptors (Lipinski definition) is 5. The van der Waals surface area contributed by atoms with Gasteiger partial charge in [-0.05, 0) is 36.6 Å². The average Bonchev–Trinajstić information content (AvgIpc) is 2.67. The van der Waals surface area contributed by atoms with Crippen molar-refractivity contribution in [1.29, 1.82) is 0 Å². The highest BCUT2D eigenvalue weighted by molar-refractivity contribution is 7.91. The molecule has 0 aliphatic carbocycles. The van der Waals surface area contributed by atoms with Gasteiger partial charge in [-0.1, -0.05) is 24.3 Å². The Morgan fingerprint density at radius 3 is 2.71 bits per heavy atom. The van der Waals surface area contributed by atoms with Crippen molar-refractivity contribution in [2.45, 2.75) is 18.6 Å². The van der Waals surface area contributed by atoms with E-state index in [1.54, 1.807) is 41.3 Å². The maximum atomic E-state index is 12.7. The number of sulfonamides is 1. The highest BCUT2D eigenvalue weighted by Crippen LogP contribution is 2.31. The highest BCUT2D eigenvalue weighted by atomic mass is 32.2. The van der Waals surface area contributed by atoms with Crippen LogP contribution < -0.4 is 14.4 Å². The van der Waals surface area contributed by atoms with Crippen molar-refractivity contribution >= 4 is 27.3 Å². The largest absolute Gasteiger partial charge is 0.496 e. The van der Waals surface area contributed by atoms with Crippen molar-refractivity contribution in [3.05, 3.63) is 53.6 Å². The Kier molecular flexibility index (Phi) is 6.21. The summed E-state index contributed by atoms with van der Waals surface area (Å²) in [6, 6.07) is 12.3. The lowest BCUT2D eigenvalue weighted by Crippen LogP contribution is -2.37. The van der Waals surface area contributed by atoms with Crippen LogP contribution in [0.15, 0.2) is 42.5 Å². The number of methoxy groups -OCH3 is 2. The van der Waals surface area contributed by atoms with Crippen molar-refractivity contribution in [3.63, 3.8) is 0 Å². The molecule has 0 spiro atoms. The van der Waals surface area contributed by atoms with Crippen molar-refractivity contribution in [1.82, 2.24) is 0 Å². The third-order valence-corrected chi connectivity index (χ3v) is 5.82. The van der Waals surface area contributed by atoms with Crippen LogP contribution >= 0.6 is 0 Å². The average molecular weight is 404 g/mol. The summed E-state index contributed by atoms with van der Waals surface area (Å²) < 4.78 is 38.1. The van der Waals surface area contributed by atoms with E-state index in [9.17, 15) is 13.2 Å². The predicted molar refractivity (Wildman–Crippen MR) is 108 cm³/mol. The third-order valence-electron chi connectivity index (χ3n) is 4.58. The molecule has 1 N–H and O–H groups in total. The molecule has 2 aromatic carbocycles. The number of fused-ring (bicyclic) bond motifs is 1. The number of carbonyl (C=O) groups excluding carboxylic acids is 1. The topological polar surface area (TPSA) is 84.9 Å². The molecule has 1 aliphatic heterocycles. The zero-order valence-electron chi connectivity index (χ0n) is 16.0. The predicted octanol–water partition coefficient (Wildman–Crippen LogP) is 2.56. The Labute approximate surface area is 165 Å². The fourth-order valence-electron chi connectivity index (χ4n) is 3.34. The summed E-state index contributed by atoms with van der Waals surface area (Å²) in [6.45, 7) is 0.579. The number of ether oxygens (including phenoxy) is 2. The van der Waals surface area contributed by atoms with Crippen LogP contribution in [0, 0.1) is 0 Å². The van der Waals surface area contributed by atoms with E-state index in [-0.39, 0.29) is 18.3 Å². The molecule has 0 saturated heterocycles. The monoisotopic (exact) mass is 404 g/mol. The second-order valence-corrected chi connectivity index (χ2v) is 8.32. The van der Waals surface area contributed by atoms with Gasteiger partial charge in [-0.15, -0.1) is 0 Å². The van der Waals surface area contributed by atoms with Crippen molar-refractivity contribution < 1.29 is 22.7 Å². The number of aryl methyl sites for hydroxylation is 1. The number of nitrogens with one attached hydrogen (secondary N) is 1. The Hall–Kier alpha value is -2.58. The van der Waals surface area contributed by atoms with Gasteiger partial charge in [0, 0.05) is 24.9 Å². The van der Waals surface area contributed by atoms with E-state index in [0.29, 0.717) is 23.5 Å². The van der Waals surface area contributed by atoms with Crippen LogP contribution in [-0.4, -0.2) is 41.7 Å². The minimum absolute atomic E-state index is 0.0107. The van der Waals surface area contributed by atoms with E-state index in [4.69, 9.17) is 9.47 Å². The Bertz CT molecular complexity index is 959. The lowest BCUT2D eigenvalue weighted by atomic mass is 10.0. The van der Waals surface area contributed by atoms with Crippen LogP contribution in [0.4, 0.5) is 11.4 Å². The number of benzene rings is 2. The van der Waals surface area contributed by atoms with Crippen LogP contribution in [0.1, 0.15) is 17.5 Å². The number of nitrogens with zero attached hydrogens (tertiary/aromatic N) is 1. The first-order chi connectivity index (χ1) is 13.4. The smallest absolute Gasteiger partial charge is 0.252 e. The van der Waals surface area contributed by atoms with Gasteiger partial charge in [0.1, 0.15) is 12.4 Å². The minimum atomic E-state index is -3.65. The molecule has 150 valence electrons. The molecule has 0 fully saturated rings. The second kappa shape index (κ2) is 8.62. The van der Waals surface area contributed by atoms with Crippen molar-refractivity contribution in [3.8, 4) is 5.75 Å². The van der Waals surface area contributed by atoms with Gasteiger partial charge in [0.15, 0.2) is 0 Å². The first kappa shape index (κ1) is 20.2. The quantitative estimate of drug-likeness (QED) is 0.767. The van der Waals surface area contributed by atoms with E-state index >= 15 is 0 Å². The maximum absolute atomic E-state index is 12.7. The molecule has 1 aliphatic rings. The summed E-state index contributed by atoms with van der Waals surface area (Å²) in [4.78, 5) is 14.0. The maximum Gasteiger partial charge on any atom is 0.252 e. The van der Waals surface area contributed by atoms with E-state index < -0.39 is 10.0 Å². The highest BCUT2D eigenvalue weighted by Gasteiger charge is 2.23. The summed E-state index contributed by atoms with van der Waals surface area (Å²) in [6.07, 6.45) is 1.71. The van der Waals surface area contributed by atoms with Crippen LogP contribution in [0.3, 0.4) is 0 Å². The molecule has 7 nitrogen and oxygen atoms in total. The van der Waals surface area contributed by atoms with E-state index in [2.05, 4.69) is 4.72 Å². The van der Waals surface area contributed by atoms with Crippen LogP contribution in [0.5, 0.6) is 5.75 Å². The Balaban J connectivity index is 1.83. The summed E-state index contributed by atoms with van der Waals surface area (Å²) >= 11 is 0. The molecule has 0 bridgehead atoms. The van der Waals surface area contributed by atoms with Gasteiger partial charge in [0.05, 0.1) is 18.6 Å². The first-order valence-corrected chi connectivity index (χ1v) is 10.6. The van der Waals surface area contributed by atoms with Gasteiger partial charge in [-0.2, -0.15) is 0 Å². The number of amides is 1.